The Bertz CT molecular complexity index is 1850. The van der Waals surface area contributed by atoms with Gasteiger partial charge in [-0.25, -0.2) is 8.42 Å². The number of nitrogens with zero attached hydrogens (tertiary/aromatic N) is 2. The maximum Gasteiger partial charge on any atom is 0.264 e. The molecular formula is C39H47N3O6S. The summed E-state index contributed by atoms with van der Waals surface area (Å²) in [5.41, 5.74) is 4.14. The molecule has 260 valence electrons. The fourth-order valence-electron chi connectivity index (χ4n) is 5.62. The van der Waals surface area contributed by atoms with E-state index >= 15 is 0 Å². The summed E-state index contributed by atoms with van der Waals surface area (Å²) in [4.78, 5) is 30.3. The van der Waals surface area contributed by atoms with E-state index in [9.17, 15) is 18.0 Å². The van der Waals surface area contributed by atoms with E-state index < -0.39 is 34.1 Å². The van der Waals surface area contributed by atoms with Crippen LogP contribution in [0, 0.1) is 20.8 Å². The van der Waals surface area contributed by atoms with E-state index in [1.54, 1.807) is 12.1 Å². The summed E-state index contributed by atoms with van der Waals surface area (Å²) in [7, 11) is -1.44. The number of carbonyl (C=O) groups excluding carboxylic acids is 2. The fourth-order valence-corrected chi connectivity index (χ4v) is 7.04. The van der Waals surface area contributed by atoms with Gasteiger partial charge in [0.25, 0.3) is 10.0 Å². The first-order valence-corrected chi connectivity index (χ1v) is 17.6. The second-order valence-corrected chi connectivity index (χ2v) is 15.2. The van der Waals surface area contributed by atoms with Crippen LogP contribution in [-0.2, 0) is 32.6 Å². The number of rotatable bonds is 13. The van der Waals surface area contributed by atoms with Crippen molar-refractivity contribution in [2.45, 2.75) is 71.0 Å². The molecule has 0 radical (unpaired) electrons. The Labute approximate surface area is 290 Å². The van der Waals surface area contributed by atoms with Gasteiger partial charge in [0.05, 0.1) is 24.8 Å². The Hall–Kier alpha value is -4.83. The van der Waals surface area contributed by atoms with Crippen molar-refractivity contribution < 1.29 is 27.5 Å². The number of carbonyl (C=O) groups is 2. The first-order chi connectivity index (χ1) is 23.1. The minimum Gasteiger partial charge on any atom is -0.493 e. The lowest BCUT2D eigenvalue weighted by atomic mass is 10.0. The molecule has 4 aromatic rings. The average molecular weight is 686 g/mol. The molecule has 0 fully saturated rings. The highest BCUT2D eigenvalue weighted by Gasteiger charge is 2.36. The zero-order chi connectivity index (χ0) is 35.9. The summed E-state index contributed by atoms with van der Waals surface area (Å²) in [5.74, 6) is -0.266. The molecule has 0 saturated carbocycles. The van der Waals surface area contributed by atoms with Crippen molar-refractivity contribution in [1.82, 2.24) is 10.2 Å². The van der Waals surface area contributed by atoms with Gasteiger partial charge in [0, 0.05) is 24.6 Å². The average Bonchev–Trinajstić information content (AvgIpc) is 3.04. The minimum absolute atomic E-state index is 0.0755. The highest BCUT2D eigenvalue weighted by Crippen LogP contribution is 2.33. The molecule has 1 N–H and O–H groups in total. The van der Waals surface area contributed by atoms with Crippen LogP contribution in [0.5, 0.6) is 11.5 Å². The SMILES string of the molecule is COc1ccc(S(=O)(=O)N(CC(=O)N(Cc2ccc(C)cc2)[C@H](Cc2ccccc2)C(=O)NC(C)(C)C)c2cc(C)cc(C)c2)cc1OC. The summed E-state index contributed by atoms with van der Waals surface area (Å²) < 4.78 is 40.9. The number of ether oxygens (including phenoxy) is 2. The van der Waals surface area contributed by atoms with Crippen LogP contribution in [0.1, 0.15) is 48.6 Å². The van der Waals surface area contributed by atoms with Crippen molar-refractivity contribution in [2.24, 2.45) is 0 Å². The van der Waals surface area contributed by atoms with Gasteiger partial charge >= 0.3 is 0 Å². The van der Waals surface area contributed by atoms with Gasteiger partial charge in [-0.15, -0.1) is 0 Å². The number of benzene rings is 4. The van der Waals surface area contributed by atoms with Crippen molar-refractivity contribution in [3.05, 3.63) is 119 Å². The number of methoxy groups -OCH3 is 2. The predicted molar refractivity (Wildman–Crippen MR) is 194 cm³/mol. The lowest BCUT2D eigenvalue weighted by Gasteiger charge is -2.35. The number of hydrogen-bond acceptors (Lipinski definition) is 6. The molecule has 9 nitrogen and oxygen atoms in total. The molecular weight excluding hydrogens is 639 g/mol. The maximum atomic E-state index is 14.8. The molecule has 0 aliphatic heterocycles. The zero-order valence-corrected chi connectivity index (χ0v) is 30.4. The number of nitrogens with one attached hydrogen (secondary N) is 1. The Morgan fingerprint density at radius 3 is 1.94 bits per heavy atom. The second-order valence-electron chi connectivity index (χ2n) is 13.3. The van der Waals surface area contributed by atoms with Crippen molar-refractivity contribution in [3.63, 3.8) is 0 Å². The third-order valence-corrected chi connectivity index (χ3v) is 9.73. The largest absolute Gasteiger partial charge is 0.493 e. The van der Waals surface area contributed by atoms with Gasteiger partial charge in [0.1, 0.15) is 12.6 Å². The predicted octanol–water partition coefficient (Wildman–Crippen LogP) is 6.38. The molecule has 0 heterocycles. The van der Waals surface area contributed by atoms with Crippen molar-refractivity contribution in [3.8, 4) is 11.5 Å². The molecule has 0 bridgehead atoms. The molecule has 0 aliphatic carbocycles. The van der Waals surface area contributed by atoms with Crippen LogP contribution < -0.4 is 19.1 Å². The number of anilines is 1. The van der Waals surface area contributed by atoms with E-state index in [-0.39, 0.29) is 29.5 Å². The van der Waals surface area contributed by atoms with Gasteiger partial charge in [0.2, 0.25) is 11.8 Å². The fraction of sp³-hybridized carbons (Fsp3) is 0.333. The van der Waals surface area contributed by atoms with Gasteiger partial charge in [-0.05, 0) is 88.1 Å². The Balaban J connectivity index is 1.86. The summed E-state index contributed by atoms with van der Waals surface area (Å²) in [6.45, 7) is 10.9. The third-order valence-electron chi connectivity index (χ3n) is 7.96. The quantitative estimate of drug-likeness (QED) is 0.175. The molecule has 1 atom stereocenters. The van der Waals surface area contributed by atoms with Crippen LogP contribution >= 0.6 is 0 Å². The Kier molecular flexibility index (Phi) is 11.8. The van der Waals surface area contributed by atoms with E-state index in [1.165, 1.54) is 37.3 Å². The third kappa shape index (κ3) is 9.63. The molecule has 2 amide bonds. The monoisotopic (exact) mass is 685 g/mol. The molecule has 0 unspecified atom stereocenters. The topological polar surface area (TPSA) is 105 Å². The van der Waals surface area contributed by atoms with E-state index in [1.807, 2.05) is 102 Å². The molecule has 0 spiro atoms. The second kappa shape index (κ2) is 15.6. The van der Waals surface area contributed by atoms with Crippen LogP contribution in [0.3, 0.4) is 0 Å². The van der Waals surface area contributed by atoms with E-state index in [0.717, 1.165) is 32.1 Å². The number of sulfonamides is 1. The smallest absolute Gasteiger partial charge is 0.264 e. The van der Waals surface area contributed by atoms with Gasteiger partial charge in [0.15, 0.2) is 11.5 Å². The lowest BCUT2D eigenvalue weighted by Crippen LogP contribution is -2.56. The summed E-state index contributed by atoms with van der Waals surface area (Å²) >= 11 is 0. The molecule has 0 aliphatic rings. The van der Waals surface area contributed by atoms with Gasteiger partial charge < -0.3 is 19.7 Å². The molecule has 10 heteroatoms. The molecule has 0 aromatic heterocycles. The molecule has 4 aromatic carbocycles. The van der Waals surface area contributed by atoms with Crippen LogP contribution in [0.25, 0.3) is 0 Å². The number of aryl methyl sites for hydroxylation is 3. The standard InChI is InChI=1S/C39H47N3O6S/c1-27-14-16-31(17-15-27)25-41(34(38(44)40-39(4,5)6)23-30-12-10-9-11-13-30)37(43)26-42(32-21-28(2)20-29(3)22-32)49(45,46)33-18-19-35(47-7)36(24-33)48-8/h9-22,24,34H,23,25-26H2,1-8H3,(H,40,44)/t34-/m1/s1. The van der Waals surface area contributed by atoms with E-state index in [0.29, 0.717) is 11.4 Å². The summed E-state index contributed by atoms with van der Waals surface area (Å²) in [6.07, 6.45) is 0.229. The summed E-state index contributed by atoms with van der Waals surface area (Å²) in [6, 6.07) is 26.0. The molecule has 0 saturated heterocycles. The van der Waals surface area contributed by atoms with Crippen molar-refractivity contribution in [1.29, 1.82) is 0 Å². The first kappa shape index (κ1) is 37.0. The summed E-state index contributed by atoms with van der Waals surface area (Å²) in [5, 5.41) is 3.06. The van der Waals surface area contributed by atoms with Gasteiger partial charge in [-0.3, -0.25) is 13.9 Å². The van der Waals surface area contributed by atoms with E-state index in [2.05, 4.69) is 5.32 Å². The van der Waals surface area contributed by atoms with Crippen LogP contribution in [0.4, 0.5) is 5.69 Å². The highest BCUT2D eigenvalue weighted by atomic mass is 32.2. The van der Waals surface area contributed by atoms with E-state index in [4.69, 9.17) is 9.47 Å². The minimum atomic E-state index is -4.34. The molecule has 49 heavy (non-hydrogen) atoms. The normalized spacial score (nSPS) is 12.2. The Morgan fingerprint density at radius 2 is 1.37 bits per heavy atom. The van der Waals surface area contributed by atoms with Crippen LogP contribution in [0.15, 0.2) is 95.9 Å². The zero-order valence-electron chi connectivity index (χ0n) is 29.6. The molecule has 4 rings (SSSR count). The van der Waals surface area contributed by atoms with Gasteiger partial charge in [-0.2, -0.15) is 0 Å². The maximum absolute atomic E-state index is 14.8. The lowest BCUT2D eigenvalue weighted by molar-refractivity contribution is -0.140. The van der Waals surface area contributed by atoms with Crippen molar-refractivity contribution in [2.75, 3.05) is 25.1 Å². The number of hydrogen-bond donors (Lipinski definition) is 1. The van der Waals surface area contributed by atoms with Crippen LogP contribution in [0.2, 0.25) is 0 Å². The number of amides is 2. The van der Waals surface area contributed by atoms with Crippen molar-refractivity contribution >= 4 is 27.5 Å². The Morgan fingerprint density at radius 1 is 0.755 bits per heavy atom. The highest BCUT2D eigenvalue weighted by molar-refractivity contribution is 7.92. The first-order valence-electron chi connectivity index (χ1n) is 16.2. The van der Waals surface area contributed by atoms with Crippen LogP contribution in [-0.4, -0.2) is 57.5 Å². The van der Waals surface area contributed by atoms with Gasteiger partial charge in [-0.1, -0.05) is 66.2 Å².